The second-order valence-electron chi connectivity index (χ2n) is 5.87. The Hall–Kier alpha value is -1.55. The Morgan fingerprint density at radius 1 is 1.30 bits per heavy atom. The lowest BCUT2D eigenvalue weighted by atomic mass is 9.88. The number of hydrogen-bond acceptors (Lipinski definition) is 3. The second kappa shape index (κ2) is 5.83. The first-order valence-corrected chi connectivity index (χ1v) is 7.15. The van der Waals surface area contributed by atoms with Gasteiger partial charge in [0.2, 0.25) is 5.91 Å². The lowest BCUT2D eigenvalue weighted by molar-refractivity contribution is -0.137. The third-order valence-electron chi connectivity index (χ3n) is 4.27. The first-order chi connectivity index (χ1) is 9.40. The molecule has 0 spiro atoms. The van der Waals surface area contributed by atoms with Gasteiger partial charge in [-0.1, -0.05) is 19.1 Å². The van der Waals surface area contributed by atoms with Crippen molar-refractivity contribution in [3.63, 3.8) is 0 Å². The van der Waals surface area contributed by atoms with E-state index in [4.69, 9.17) is 10.5 Å². The number of nitrogens with zero attached hydrogens (tertiary/aromatic N) is 1. The van der Waals surface area contributed by atoms with E-state index >= 15 is 0 Å². The summed E-state index contributed by atoms with van der Waals surface area (Å²) >= 11 is 0. The van der Waals surface area contributed by atoms with Gasteiger partial charge in [-0.3, -0.25) is 4.79 Å². The summed E-state index contributed by atoms with van der Waals surface area (Å²) in [5.41, 5.74) is 7.55. The van der Waals surface area contributed by atoms with Crippen LogP contribution in [0.1, 0.15) is 26.3 Å². The van der Waals surface area contributed by atoms with E-state index in [0.717, 1.165) is 11.3 Å². The Balaban J connectivity index is 2.05. The van der Waals surface area contributed by atoms with Crippen molar-refractivity contribution in [2.45, 2.75) is 39.5 Å². The quantitative estimate of drug-likeness (QED) is 0.862. The van der Waals surface area contributed by atoms with Crippen LogP contribution in [0.25, 0.3) is 0 Å². The Kier molecular flexibility index (Phi) is 4.33. The maximum atomic E-state index is 12.6. The number of hydrogen-bond donors (Lipinski definition) is 1. The minimum absolute atomic E-state index is 0.0178. The fourth-order valence-corrected chi connectivity index (χ4v) is 2.99. The number of carbonyl (C=O) groups excluding carboxylic acids is 1. The van der Waals surface area contributed by atoms with E-state index in [1.807, 2.05) is 45.2 Å². The number of rotatable bonds is 3. The molecule has 4 nitrogen and oxygen atoms in total. The van der Waals surface area contributed by atoms with Crippen LogP contribution in [-0.2, 0) is 16.1 Å². The molecular weight excluding hydrogens is 252 g/mol. The van der Waals surface area contributed by atoms with E-state index in [9.17, 15) is 4.79 Å². The highest BCUT2D eigenvalue weighted by molar-refractivity contribution is 5.79. The number of amides is 1. The van der Waals surface area contributed by atoms with Gasteiger partial charge in [-0.15, -0.1) is 0 Å². The molecule has 1 heterocycles. The largest absolute Gasteiger partial charge is 0.399 e. The molecule has 0 bridgehead atoms. The summed E-state index contributed by atoms with van der Waals surface area (Å²) < 4.78 is 5.76. The minimum Gasteiger partial charge on any atom is -0.399 e. The molecule has 110 valence electrons. The lowest BCUT2D eigenvalue weighted by Crippen LogP contribution is -2.38. The van der Waals surface area contributed by atoms with Gasteiger partial charge in [0.1, 0.15) is 0 Å². The molecule has 4 heteroatoms. The van der Waals surface area contributed by atoms with E-state index < -0.39 is 0 Å². The van der Waals surface area contributed by atoms with Gasteiger partial charge >= 0.3 is 0 Å². The summed E-state index contributed by atoms with van der Waals surface area (Å²) in [5.74, 6) is 0.341. The van der Waals surface area contributed by atoms with E-state index in [2.05, 4.69) is 6.92 Å². The fraction of sp³-hybridized carbons (Fsp3) is 0.562. The predicted molar refractivity (Wildman–Crippen MR) is 80.0 cm³/mol. The molecule has 0 saturated carbocycles. The molecule has 1 aromatic carbocycles. The van der Waals surface area contributed by atoms with Gasteiger partial charge in [0.05, 0.1) is 18.1 Å². The van der Waals surface area contributed by atoms with E-state index in [1.165, 1.54) is 0 Å². The molecule has 2 N–H and O–H groups in total. The fourth-order valence-electron chi connectivity index (χ4n) is 2.99. The van der Waals surface area contributed by atoms with Gasteiger partial charge < -0.3 is 15.4 Å². The average molecular weight is 276 g/mol. The number of benzene rings is 1. The average Bonchev–Trinajstić information content (AvgIpc) is 2.62. The van der Waals surface area contributed by atoms with Crippen LogP contribution in [0.2, 0.25) is 0 Å². The molecule has 4 atom stereocenters. The Labute approximate surface area is 120 Å². The summed E-state index contributed by atoms with van der Waals surface area (Å²) in [6.45, 7) is 6.68. The number of anilines is 1. The second-order valence-corrected chi connectivity index (χ2v) is 5.87. The van der Waals surface area contributed by atoms with Crippen molar-refractivity contribution in [3.8, 4) is 0 Å². The van der Waals surface area contributed by atoms with Crippen molar-refractivity contribution < 1.29 is 9.53 Å². The maximum Gasteiger partial charge on any atom is 0.228 e. The van der Waals surface area contributed by atoms with Gasteiger partial charge in [0.15, 0.2) is 0 Å². The number of nitrogens with two attached hydrogens (primary N) is 1. The minimum atomic E-state index is -0.0592. The molecule has 2 rings (SSSR count). The van der Waals surface area contributed by atoms with Crippen molar-refractivity contribution in [3.05, 3.63) is 29.8 Å². The van der Waals surface area contributed by atoms with Gasteiger partial charge in [0, 0.05) is 19.3 Å². The molecule has 1 saturated heterocycles. The van der Waals surface area contributed by atoms with Gasteiger partial charge in [-0.25, -0.2) is 0 Å². The highest BCUT2D eigenvalue weighted by Gasteiger charge is 2.42. The summed E-state index contributed by atoms with van der Waals surface area (Å²) in [7, 11) is 1.84. The van der Waals surface area contributed by atoms with E-state index in [1.54, 1.807) is 4.90 Å². The molecule has 20 heavy (non-hydrogen) atoms. The predicted octanol–water partition coefficient (Wildman–Crippen LogP) is 2.29. The molecule has 1 amide bonds. The molecule has 1 aliphatic rings. The van der Waals surface area contributed by atoms with Crippen LogP contribution in [0.5, 0.6) is 0 Å². The molecule has 0 radical (unpaired) electrons. The standard InChI is InChI=1S/C16H24N2O2/c1-10-11(2)20-12(3)15(10)16(19)18(4)9-13-6-5-7-14(17)8-13/h5-8,10-12,15H,9,17H2,1-4H3. The molecule has 0 aromatic heterocycles. The Morgan fingerprint density at radius 3 is 2.55 bits per heavy atom. The summed E-state index contributed by atoms with van der Waals surface area (Å²) in [5, 5.41) is 0. The van der Waals surface area contributed by atoms with Crippen molar-refractivity contribution in [1.82, 2.24) is 4.90 Å². The van der Waals surface area contributed by atoms with Crippen LogP contribution in [0.4, 0.5) is 5.69 Å². The number of nitrogen functional groups attached to an aromatic ring is 1. The van der Waals surface area contributed by atoms with Gasteiger partial charge in [-0.2, -0.15) is 0 Å². The highest BCUT2D eigenvalue weighted by Crippen LogP contribution is 2.33. The summed E-state index contributed by atoms with van der Waals surface area (Å²) in [6.07, 6.45) is 0.121. The zero-order valence-electron chi connectivity index (χ0n) is 12.7. The molecule has 1 aromatic rings. The zero-order valence-corrected chi connectivity index (χ0v) is 12.7. The highest BCUT2D eigenvalue weighted by atomic mass is 16.5. The van der Waals surface area contributed by atoms with Gasteiger partial charge in [-0.05, 0) is 37.5 Å². The van der Waals surface area contributed by atoms with E-state index in [-0.39, 0.29) is 30.0 Å². The zero-order chi connectivity index (χ0) is 14.9. The first kappa shape index (κ1) is 14.9. The van der Waals surface area contributed by atoms with Crippen molar-refractivity contribution in [2.75, 3.05) is 12.8 Å². The lowest BCUT2D eigenvalue weighted by Gasteiger charge is -2.25. The Morgan fingerprint density at radius 2 is 2.00 bits per heavy atom. The molecule has 1 aliphatic heterocycles. The topological polar surface area (TPSA) is 55.6 Å². The van der Waals surface area contributed by atoms with Crippen molar-refractivity contribution in [1.29, 1.82) is 0 Å². The van der Waals surface area contributed by atoms with Crippen LogP contribution < -0.4 is 5.73 Å². The molecule has 1 fully saturated rings. The van der Waals surface area contributed by atoms with Crippen LogP contribution in [0.3, 0.4) is 0 Å². The maximum absolute atomic E-state index is 12.6. The number of ether oxygens (including phenoxy) is 1. The summed E-state index contributed by atoms with van der Waals surface area (Å²) in [4.78, 5) is 14.4. The normalized spacial score (nSPS) is 29.4. The molecule has 4 unspecified atom stereocenters. The SMILES string of the molecule is CC1OC(C)C(C(=O)N(C)Cc2cccc(N)c2)C1C. The van der Waals surface area contributed by atoms with Gasteiger partial charge in [0.25, 0.3) is 0 Å². The van der Waals surface area contributed by atoms with E-state index in [0.29, 0.717) is 6.54 Å². The van der Waals surface area contributed by atoms with Crippen LogP contribution >= 0.6 is 0 Å². The molecular formula is C16H24N2O2. The summed E-state index contributed by atoms with van der Waals surface area (Å²) in [6, 6.07) is 7.65. The van der Waals surface area contributed by atoms with Crippen LogP contribution in [-0.4, -0.2) is 30.1 Å². The van der Waals surface area contributed by atoms with Crippen molar-refractivity contribution >= 4 is 11.6 Å². The number of carbonyl (C=O) groups is 1. The smallest absolute Gasteiger partial charge is 0.228 e. The third kappa shape index (κ3) is 2.96. The molecule has 0 aliphatic carbocycles. The van der Waals surface area contributed by atoms with Crippen LogP contribution in [0.15, 0.2) is 24.3 Å². The monoisotopic (exact) mass is 276 g/mol. The third-order valence-corrected chi connectivity index (χ3v) is 4.27. The van der Waals surface area contributed by atoms with Crippen molar-refractivity contribution in [2.24, 2.45) is 11.8 Å². The van der Waals surface area contributed by atoms with Crippen LogP contribution in [0, 0.1) is 11.8 Å². The Bertz CT molecular complexity index is 489. The first-order valence-electron chi connectivity index (χ1n) is 7.15.